The zero-order valence-electron chi connectivity index (χ0n) is 16.4. The largest absolute Gasteiger partial charge is 0.494 e. The van der Waals surface area contributed by atoms with Crippen LogP contribution >= 0.6 is 0 Å². The maximum Gasteiger partial charge on any atom is 0.119 e. The van der Waals surface area contributed by atoms with E-state index in [1.807, 2.05) is 30.3 Å². The summed E-state index contributed by atoms with van der Waals surface area (Å²) in [6, 6.07) is 10.4. The molecular weight excluding hydrogens is 342 g/mol. The second kappa shape index (κ2) is 11.3. The molecule has 1 fully saturated rings. The lowest BCUT2D eigenvalue weighted by Gasteiger charge is -2.29. The number of rotatable bonds is 11. The van der Waals surface area contributed by atoms with Gasteiger partial charge in [0.15, 0.2) is 0 Å². The quantitative estimate of drug-likeness (QED) is 0.599. The lowest BCUT2D eigenvalue weighted by Crippen LogP contribution is -2.44. The normalized spacial score (nSPS) is 20.7. The summed E-state index contributed by atoms with van der Waals surface area (Å²) in [6.07, 6.45) is 5.35. The Hall–Kier alpha value is -1.60. The molecule has 1 saturated heterocycles. The number of ether oxygens (including phenoxy) is 3. The van der Waals surface area contributed by atoms with Gasteiger partial charge in [-0.1, -0.05) is 18.2 Å². The van der Waals surface area contributed by atoms with E-state index in [9.17, 15) is 0 Å². The van der Waals surface area contributed by atoms with Crippen molar-refractivity contribution in [2.24, 2.45) is 0 Å². The van der Waals surface area contributed by atoms with Gasteiger partial charge in [-0.25, -0.2) is 5.43 Å². The van der Waals surface area contributed by atoms with Crippen molar-refractivity contribution in [3.63, 3.8) is 0 Å². The molecule has 0 amide bonds. The molecule has 3 rings (SSSR count). The highest BCUT2D eigenvalue weighted by atomic mass is 16.5. The Kier molecular flexibility index (Phi) is 8.42. The highest BCUT2D eigenvalue weighted by Crippen LogP contribution is 2.21. The van der Waals surface area contributed by atoms with Gasteiger partial charge < -0.3 is 19.2 Å². The third kappa shape index (κ3) is 6.81. The molecule has 1 N–H and O–H groups in total. The van der Waals surface area contributed by atoms with Crippen LogP contribution in [0.15, 0.2) is 42.1 Å². The Bertz CT molecular complexity index is 561. The Morgan fingerprint density at radius 1 is 1.11 bits per heavy atom. The van der Waals surface area contributed by atoms with Gasteiger partial charge in [0, 0.05) is 46.1 Å². The summed E-state index contributed by atoms with van der Waals surface area (Å²) in [6.45, 7) is 7.35. The number of nitrogens with zero attached hydrogens (tertiary/aromatic N) is 2. The predicted octanol–water partition coefficient (Wildman–Crippen LogP) is 2.29. The zero-order valence-corrected chi connectivity index (χ0v) is 16.4. The van der Waals surface area contributed by atoms with Crippen molar-refractivity contribution in [2.75, 3.05) is 59.7 Å². The van der Waals surface area contributed by atoms with Gasteiger partial charge in [-0.2, -0.15) is 0 Å². The first-order valence-corrected chi connectivity index (χ1v) is 10.1. The minimum atomic E-state index is 0.367. The molecule has 0 saturated carbocycles. The van der Waals surface area contributed by atoms with Crippen molar-refractivity contribution in [2.45, 2.75) is 25.3 Å². The molecule has 2 aliphatic rings. The molecule has 0 aliphatic carbocycles. The third-order valence-electron chi connectivity index (χ3n) is 5.08. The molecule has 6 heteroatoms. The molecule has 1 unspecified atom stereocenters. The fraction of sp³-hybridized carbons (Fsp3) is 0.619. The number of hydrazine groups is 1. The molecular formula is C21H33N3O3. The minimum Gasteiger partial charge on any atom is -0.494 e. The second-order valence-electron chi connectivity index (χ2n) is 7.08. The van der Waals surface area contributed by atoms with E-state index in [0.717, 1.165) is 77.6 Å². The topological polar surface area (TPSA) is 46.2 Å². The smallest absolute Gasteiger partial charge is 0.119 e. The van der Waals surface area contributed by atoms with E-state index >= 15 is 0 Å². The van der Waals surface area contributed by atoms with E-state index in [1.54, 1.807) is 7.11 Å². The van der Waals surface area contributed by atoms with Gasteiger partial charge in [-0.05, 0) is 37.0 Å². The van der Waals surface area contributed by atoms with Gasteiger partial charge >= 0.3 is 0 Å². The van der Waals surface area contributed by atoms with E-state index < -0.39 is 0 Å². The van der Waals surface area contributed by atoms with Crippen molar-refractivity contribution in [1.29, 1.82) is 0 Å². The fourth-order valence-electron chi connectivity index (χ4n) is 3.52. The summed E-state index contributed by atoms with van der Waals surface area (Å²) < 4.78 is 16.6. The Morgan fingerprint density at radius 3 is 2.70 bits per heavy atom. The number of hydrogen-bond donors (Lipinski definition) is 1. The average molecular weight is 376 g/mol. The number of benzene rings is 1. The first-order valence-electron chi connectivity index (χ1n) is 10.1. The van der Waals surface area contributed by atoms with E-state index in [0.29, 0.717) is 6.04 Å². The van der Waals surface area contributed by atoms with Crippen molar-refractivity contribution < 1.29 is 14.2 Å². The molecule has 2 heterocycles. The maximum atomic E-state index is 5.83. The van der Waals surface area contributed by atoms with Crippen molar-refractivity contribution in [1.82, 2.24) is 15.3 Å². The molecule has 1 aromatic carbocycles. The monoisotopic (exact) mass is 375 g/mol. The molecule has 0 bridgehead atoms. The van der Waals surface area contributed by atoms with Crippen LogP contribution in [0.5, 0.6) is 5.75 Å². The Balaban J connectivity index is 1.43. The summed E-state index contributed by atoms with van der Waals surface area (Å²) in [5.41, 5.74) is 5.09. The standard InChI is InChI=1S/C21H33N3O3/c1-25-15-9-21-19(6-5-14-27-20-7-3-2-4-8-20)18-24(22-21)11-10-23-12-16-26-17-13-23/h2-4,7-8,18,21-22H,5-6,9-17H2,1H3. The first kappa shape index (κ1) is 20.1. The van der Waals surface area contributed by atoms with Gasteiger partial charge in [0.05, 0.1) is 25.9 Å². The van der Waals surface area contributed by atoms with Gasteiger partial charge in [-0.3, -0.25) is 4.90 Å². The van der Waals surface area contributed by atoms with Crippen LogP contribution in [0.4, 0.5) is 0 Å². The van der Waals surface area contributed by atoms with Crippen LogP contribution in [0.3, 0.4) is 0 Å². The zero-order chi connectivity index (χ0) is 18.7. The minimum absolute atomic E-state index is 0.367. The van der Waals surface area contributed by atoms with E-state index in [-0.39, 0.29) is 0 Å². The number of hydrogen-bond acceptors (Lipinski definition) is 6. The SMILES string of the molecule is COCCC1NN(CCN2CCOCC2)C=C1CCCOc1ccccc1. The molecule has 27 heavy (non-hydrogen) atoms. The van der Waals surface area contributed by atoms with Crippen molar-refractivity contribution in [3.05, 3.63) is 42.1 Å². The molecule has 0 radical (unpaired) electrons. The molecule has 2 aliphatic heterocycles. The molecule has 1 aromatic rings. The molecule has 0 aromatic heterocycles. The molecule has 6 nitrogen and oxygen atoms in total. The van der Waals surface area contributed by atoms with Crippen LogP contribution < -0.4 is 10.2 Å². The molecule has 1 atom stereocenters. The number of para-hydroxylation sites is 1. The number of nitrogens with one attached hydrogen (secondary N) is 1. The Labute approximate surface area is 163 Å². The Morgan fingerprint density at radius 2 is 1.93 bits per heavy atom. The van der Waals surface area contributed by atoms with Crippen LogP contribution in [0.25, 0.3) is 0 Å². The summed E-state index contributed by atoms with van der Waals surface area (Å²) >= 11 is 0. The van der Waals surface area contributed by atoms with E-state index in [1.165, 1.54) is 5.57 Å². The summed E-state index contributed by atoms with van der Waals surface area (Å²) in [7, 11) is 1.77. The molecule has 0 spiro atoms. The van der Waals surface area contributed by atoms with Gasteiger partial charge in [-0.15, -0.1) is 0 Å². The summed E-state index contributed by atoms with van der Waals surface area (Å²) in [5.74, 6) is 0.944. The highest BCUT2D eigenvalue weighted by Gasteiger charge is 2.23. The lowest BCUT2D eigenvalue weighted by molar-refractivity contribution is 0.0334. The van der Waals surface area contributed by atoms with E-state index in [4.69, 9.17) is 14.2 Å². The number of morpholine rings is 1. The van der Waals surface area contributed by atoms with Crippen molar-refractivity contribution >= 4 is 0 Å². The highest BCUT2D eigenvalue weighted by molar-refractivity contribution is 5.21. The number of methoxy groups -OCH3 is 1. The van der Waals surface area contributed by atoms with E-state index in [2.05, 4.69) is 21.5 Å². The van der Waals surface area contributed by atoms with Crippen LogP contribution in [0.1, 0.15) is 19.3 Å². The summed E-state index contributed by atoms with van der Waals surface area (Å²) in [4.78, 5) is 2.47. The van der Waals surface area contributed by atoms with Gasteiger partial charge in [0.1, 0.15) is 5.75 Å². The van der Waals surface area contributed by atoms with Crippen molar-refractivity contribution in [3.8, 4) is 5.75 Å². The second-order valence-corrected chi connectivity index (χ2v) is 7.08. The predicted molar refractivity (Wildman–Crippen MR) is 107 cm³/mol. The lowest BCUT2D eigenvalue weighted by atomic mass is 10.0. The summed E-state index contributed by atoms with van der Waals surface area (Å²) in [5, 5.41) is 2.25. The fourth-order valence-corrected chi connectivity index (χ4v) is 3.52. The van der Waals surface area contributed by atoms with Crippen LogP contribution in [0, 0.1) is 0 Å². The van der Waals surface area contributed by atoms with Crippen LogP contribution in [0.2, 0.25) is 0 Å². The molecule has 150 valence electrons. The first-order chi connectivity index (χ1) is 13.3. The van der Waals surface area contributed by atoms with Crippen LogP contribution in [-0.4, -0.2) is 75.7 Å². The van der Waals surface area contributed by atoms with Gasteiger partial charge in [0.2, 0.25) is 0 Å². The van der Waals surface area contributed by atoms with Gasteiger partial charge in [0.25, 0.3) is 0 Å². The average Bonchev–Trinajstić information content (AvgIpc) is 3.11. The van der Waals surface area contributed by atoms with Crippen LogP contribution in [-0.2, 0) is 9.47 Å². The third-order valence-corrected chi connectivity index (χ3v) is 5.08. The maximum absolute atomic E-state index is 5.83.